The third-order valence-corrected chi connectivity index (χ3v) is 4.36. The fraction of sp³-hybridized carbons (Fsp3) is 0.333. The van der Waals surface area contributed by atoms with Crippen LogP contribution in [0.3, 0.4) is 0 Å². The molecule has 1 aromatic carbocycles. The SMILES string of the molecule is O=C(N[C@H]1CC[C@@H](C(=O)O)C1)c1cc(Cc2ccccc2)c[nH]1. The summed E-state index contributed by atoms with van der Waals surface area (Å²) in [6.45, 7) is 0. The topological polar surface area (TPSA) is 82.2 Å². The Morgan fingerprint density at radius 3 is 2.65 bits per heavy atom. The molecule has 2 atom stereocenters. The number of carbonyl (C=O) groups excluding carboxylic acids is 1. The molecule has 3 N–H and O–H groups in total. The van der Waals surface area contributed by atoms with Gasteiger partial charge in [0.1, 0.15) is 5.69 Å². The Labute approximate surface area is 134 Å². The number of carbonyl (C=O) groups is 2. The Balaban J connectivity index is 1.57. The number of carboxylic acid groups (broad SMARTS) is 1. The van der Waals surface area contributed by atoms with E-state index in [1.807, 2.05) is 30.5 Å². The molecular formula is C18H20N2O3. The predicted molar refractivity (Wildman–Crippen MR) is 86.3 cm³/mol. The van der Waals surface area contributed by atoms with Crippen molar-refractivity contribution in [3.05, 3.63) is 59.4 Å². The molecule has 5 nitrogen and oxygen atoms in total. The van der Waals surface area contributed by atoms with Crippen molar-refractivity contribution in [1.29, 1.82) is 0 Å². The summed E-state index contributed by atoms with van der Waals surface area (Å²) >= 11 is 0. The molecule has 1 saturated carbocycles. The van der Waals surface area contributed by atoms with Gasteiger partial charge >= 0.3 is 5.97 Å². The van der Waals surface area contributed by atoms with Crippen molar-refractivity contribution in [2.75, 3.05) is 0 Å². The molecule has 3 rings (SSSR count). The van der Waals surface area contributed by atoms with Gasteiger partial charge in [0.2, 0.25) is 0 Å². The second-order valence-corrected chi connectivity index (χ2v) is 6.10. The van der Waals surface area contributed by atoms with E-state index in [9.17, 15) is 9.59 Å². The first kappa shape index (κ1) is 15.3. The summed E-state index contributed by atoms with van der Waals surface area (Å²) in [5, 5.41) is 11.9. The molecule has 0 saturated heterocycles. The van der Waals surface area contributed by atoms with Crippen LogP contribution in [0, 0.1) is 5.92 Å². The first-order valence-corrected chi connectivity index (χ1v) is 7.86. The number of benzene rings is 1. The minimum absolute atomic E-state index is 0.0514. The van der Waals surface area contributed by atoms with Gasteiger partial charge in [-0.25, -0.2) is 0 Å². The van der Waals surface area contributed by atoms with E-state index in [1.165, 1.54) is 5.56 Å². The number of nitrogens with one attached hydrogen (secondary N) is 2. The van der Waals surface area contributed by atoms with Crippen molar-refractivity contribution in [1.82, 2.24) is 10.3 Å². The second kappa shape index (κ2) is 6.69. The fourth-order valence-corrected chi connectivity index (χ4v) is 3.10. The van der Waals surface area contributed by atoms with Crippen molar-refractivity contribution in [2.24, 2.45) is 5.92 Å². The maximum Gasteiger partial charge on any atom is 0.306 e. The number of H-pyrrole nitrogens is 1. The molecule has 0 bridgehead atoms. The lowest BCUT2D eigenvalue weighted by molar-refractivity contribution is -0.141. The fourth-order valence-electron chi connectivity index (χ4n) is 3.10. The maximum absolute atomic E-state index is 12.3. The number of carboxylic acids is 1. The maximum atomic E-state index is 12.3. The van der Waals surface area contributed by atoms with Crippen LogP contribution in [0.2, 0.25) is 0 Å². The highest BCUT2D eigenvalue weighted by molar-refractivity contribution is 5.93. The molecule has 1 aliphatic carbocycles. The molecule has 120 valence electrons. The quantitative estimate of drug-likeness (QED) is 0.793. The largest absolute Gasteiger partial charge is 0.481 e. The highest BCUT2D eigenvalue weighted by atomic mass is 16.4. The van der Waals surface area contributed by atoms with E-state index in [1.54, 1.807) is 0 Å². The third-order valence-electron chi connectivity index (χ3n) is 4.36. The number of rotatable bonds is 5. The smallest absolute Gasteiger partial charge is 0.306 e. The standard InChI is InChI=1S/C18H20N2O3/c21-17(20-15-7-6-14(10-15)18(22)23)16-9-13(11-19-16)8-12-4-2-1-3-5-12/h1-5,9,11,14-15,19H,6-8,10H2,(H,20,21)(H,22,23)/t14-,15+/m1/s1. The van der Waals surface area contributed by atoms with Crippen molar-refractivity contribution in [3.8, 4) is 0 Å². The number of amides is 1. The number of aromatic amines is 1. The van der Waals surface area contributed by atoms with Gasteiger partial charge in [0.25, 0.3) is 5.91 Å². The zero-order chi connectivity index (χ0) is 16.2. The molecule has 1 aliphatic rings. The van der Waals surface area contributed by atoms with E-state index in [2.05, 4.69) is 22.4 Å². The van der Waals surface area contributed by atoms with Crippen LogP contribution in [0.5, 0.6) is 0 Å². The Morgan fingerprint density at radius 2 is 1.96 bits per heavy atom. The van der Waals surface area contributed by atoms with E-state index in [-0.39, 0.29) is 17.9 Å². The first-order valence-electron chi connectivity index (χ1n) is 7.86. The molecular weight excluding hydrogens is 292 g/mol. The van der Waals surface area contributed by atoms with Crippen molar-refractivity contribution < 1.29 is 14.7 Å². The monoisotopic (exact) mass is 312 g/mol. The van der Waals surface area contributed by atoms with Gasteiger partial charge in [-0.05, 0) is 42.9 Å². The third kappa shape index (κ3) is 3.80. The summed E-state index contributed by atoms with van der Waals surface area (Å²) in [6.07, 6.45) is 4.48. The molecule has 0 spiro atoms. The summed E-state index contributed by atoms with van der Waals surface area (Å²) < 4.78 is 0. The van der Waals surface area contributed by atoms with Crippen LogP contribution in [-0.4, -0.2) is 28.0 Å². The van der Waals surface area contributed by atoms with E-state index in [0.717, 1.165) is 18.4 Å². The van der Waals surface area contributed by atoms with Crippen LogP contribution < -0.4 is 5.32 Å². The van der Waals surface area contributed by atoms with Gasteiger partial charge in [0, 0.05) is 12.2 Å². The Kier molecular flexibility index (Phi) is 4.46. The normalized spacial score (nSPS) is 20.3. The van der Waals surface area contributed by atoms with E-state index in [0.29, 0.717) is 18.5 Å². The van der Waals surface area contributed by atoms with Crippen LogP contribution in [0.15, 0.2) is 42.6 Å². The number of hydrogen-bond acceptors (Lipinski definition) is 2. The van der Waals surface area contributed by atoms with E-state index < -0.39 is 5.97 Å². The van der Waals surface area contributed by atoms with Gasteiger partial charge in [0.15, 0.2) is 0 Å². The molecule has 5 heteroatoms. The minimum Gasteiger partial charge on any atom is -0.481 e. The van der Waals surface area contributed by atoms with Gasteiger partial charge in [0.05, 0.1) is 5.92 Å². The van der Waals surface area contributed by atoms with Crippen molar-refractivity contribution >= 4 is 11.9 Å². The lowest BCUT2D eigenvalue weighted by Crippen LogP contribution is -2.33. The van der Waals surface area contributed by atoms with Crippen LogP contribution in [0.25, 0.3) is 0 Å². The van der Waals surface area contributed by atoms with Crippen LogP contribution in [-0.2, 0) is 11.2 Å². The van der Waals surface area contributed by atoms with Crippen LogP contribution in [0.1, 0.15) is 40.9 Å². The zero-order valence-corrected chi connectivity index (χ0v) is 12.8. The first-order chi connectivity index (χ1) is 11.1. The lowest BCUT2D eigenvalue weighted by atomic mass is 10.1. The average molecular weight is 312 g/mol. The van der Waals surface area contributed by atoms with Gasteiger partial charge in [-0.15, -0.1) is 0 Å². The Morgan fingerprint density at radius 1 is 1.17 bits per heavy atom. The summed E-state index contributed by atoms with van der Waals surface area (Å²) in [5.74, 6) is -1.27. The second-order valence-electron chi connectivity index (χ2n) is 6.10. The molecule has 1 amide bonds. The van der Waals surface area contributed by atoms with Gasteiger partial charge < -0.3 is 15.4 Å². The number of aromatic nitrogens is 1. The summed E-state index contributed by atoms with van der Waals surface area (Å²) in [6, 6.07) is 11.9. The Bertz CT molecular complexity index is 693. The summed E-state index contributed by atoms with van der Waals surface area (Å²) in [5.41, 5.74) is 2.77. The predicted octanol–water partition coefficient (Wildman–Crippen LogP) is 2.59. The summed E-state index contributed by atoms with van der Waals surface area (Å²) in [4.78, 5) is 26.2. The highest BCUT2D eigenvalue weighted by Crippen LogP contribution is 2.25. The molecule has 2 aromatic rings. The van der Waals surface area contributed by atoms with Crippen molar-refractivity contribution in [2.45, 2.75) is 31.7 Å². The van der Waals surface area contributed by atoms with Crippen LogP contribution >= 0.6 is 0 Å². The van der Waals surface area contributed by atoms with Crippen LogP contribution in [0.4, 0.5) is 0 Å². The van der Waals surface area contributed by atoms with E-state index in [4.69, 9.17) is 5.11 Å². The van der Waals surface area contributed by atoms with Gasteiger partial charge in [-0.2, -0.15) is 0 Å². The number of hydrogen-bond donors (Lipinski definition) is 3. The lowest BCUT2D eigenvalue weighted by Gasteiger charge is -2.11. The van der Waals surface area contributed by atoms with E-state index >= 15 is 0 Å². The zero-order valence-electron chi connectivity index (χ0n) is 12.8. The molecule has 23 heavy (non-hydrogen) atoms. The highest BCUT2D eigenvalue weighted by Gasteiger charge is 2.30. The molecule has 1 heterocycles. The average Bonchev–Trinajstić information content (AvgIpc) is 3.18. The molecule has 0 unspecified atom stereocenters. The molecule has 1 fully saturated rings. The number of aliphatic carboxylic acids is 1. The minimum atomic E-state index is -0.772. The van der Waals surface area contributed by atoms with Crippen molar-refractivity contribution in [3.63, 3.8) is 0 Å². The summed E-state index contributed by atoms with van der Waals surface area (Å²) in [7, 11) is 0. The molecule has 0 aliphatic heterocycles. The molecule has 1 aromatic heterocycles. The van der Waals surface area contributed by atoms with Gasteiger partial charge in [-0.3, -0.25) is 9.59 Å². The molecule has 0 radical (unpaired) electrons. The van der Waals surface area contributed by atoms with Gasteiger partial charge in [-0.1, -0.05) is 30.3 Å². The Hall–Kier alpha value is -2.56.